The summed E-state index contributed by atoms with van der Waals surface area (Å²) in [7, 11) is 0. The number of nitrogens with zero attached hydrogens (tertiary/aromatic N) is 1. The molecule has 1 N–H and O–H groups in total. The Bertz CT molecular complexity index is 469. The number of nitrogens with one attached hydrogen (secondary N) is 1. The SMILES string of the molecule is CCNC(CCc1cc(F)cc([N+](=O)[O-])c1)C(C)(C)C. The number of hydrogen-bond donors (Lipinski definition) is 1. The Morgan fingerprint density at radius 2 is 2.00 bits per heavy atom. The molecular formula is C15H23FN2O2. The summed E-state index contributed by atoms with van der Waals surface area (Å²) in [5, 5.41) is 14.1. The Hall–Kier alpha value is -1.49. The van der Waals surface area contributed by atoms with Gasteiger partial charge in [-0.1, -0.05) is 27.7 Å². The van der Waals surface area contributed by atoms with Gasteiger partial charge in [-0.05, 0) is 36.4 Å². The van der Waals surface area contributed by atoms with Crippen LogP contribution >= 0.6 is 0 Å². The zero-order valence-electron chi connectivity index (χ0n) is 12.6. The van der Waals surface area contributed by atoms with Crippen molar-refractivity contribution in [3.05, 3.63) is 39.7 Å². The summed E-state index contributed by atoms with van der Waals surface area (Å²) in [6.45, 7) is 9.36. The van der Waals surface area contributed by atoms with E-state index in [1.54, 1.807) is 0 Å². The second-order valence-electron chi connectivity index (χ2n) is 6.09. The van der Waals surface area contributed by atoms with Crippen LogP contribution in [0.1, 0.15) is 39.7 Å². The molecule has 0 fully saturated rings. The van der Waals surface area contributed by atoms with Crippen molar-refractivity contribution >= 4 is 5.69 Å². The Labute approximate surface area is 119 Å². The minimum Gasteiger partial charge on any atom is -0.314 e. The number of rotatable bonds is 6. The minimum atomic E-state index is -0.557. The molecule has 0 aliphatic heterocycles. The number of halogens is 1. The van der Waals surface area contributed by atoms with Crippen molar-refractivity contribution in [3.63, 3.8) is 0 Å². The molecule has 0 amide bonds. The lowest BCUT2D eigenvalue weighted by molar-refractivity contribution is -0.385. The summed E-state index contributed by atoms with van der Waals surface area (Å²) in [4.78, 5) is 10.2. The van der Waals surface area contributed by atoms with Gasteiger partial charge < -0.3 is 5.32 Å². The summed E-state index contributed by atoms with van der Waals surface area (Å²) in [5.41, 5.74) is 0.578. The smallest absolute Gasteiger partial charge is 0.272 e. The molecule has 0 aliphatic carbocycles. The molecule has 4 nitrogen and oxygen atoms in total. The highest BCUT2D eigenvalue weighted by Crippen LogP contribution is 2.24. The molecule has 1 aromatic carbocycles. The Morgan fingerprint density at radius 3 is 2.50 bits per heavy atom. The normalized spacial score (nSPS) is 13.2. The molecule has 0 aromatic heterocycles. The number of non-ortho nitro benzene ring substituents is 1. The Balaban J connectivity index is 2.80. The summed E-state index contributed by atoms with van der Waals surface area (Å²) in [6, 6.07) is 4.07. The molecule has 1 atom stereocenters. The maximum atomic E-state index is 13.4. The van der Waals surface area contributed by atoms with E-state index >= 15 is 0 Å². The van der Waals surface area contributed by atoms with Crippen LogP contribution < -0.4 is 5.32 Å². The van der Waals surface area contributed by atoms with Gasteiger partial charge in [0.05, 0.1) is 11.0 Å². The largest absolute Gasteiger partial charge is 0.314 e. The lowest BCUT2D eigenvalue weighted by atomic mass is 9.83. The third kappa shape index (κ3) is 4.89. The molecular weight excluding hydrogens is 259 g/mol. The van der Waals surface area contributed by atoms with Crippen LogP contribution in [0.2, 0.25) is 0 Å². The number of hydrogen-bond acceptors (Lipinski definition) is 3. The van der Waals surface area contributed by atoms with Crippen molar-refractivity contribution in [1.82, 2.24) is 5.32 Å². The summed E-state index contributed by atoms with van der Waals surface area (Å²) in [5.74, 6) is -0.551. The van der Waals surface area contributed by atoms with Crippen molar-refractivity contribution in [1.29, 1.82) is 0 Å². The van der Waals surface area contributed by atoms with Crippen LogP contribution in [0, 0.1) is 21.3 Å². The maximum absolute atomic E-state index is 13.4. The third-order valence-corrected chi connectivity index (χ3v) is 3.37. The van der Waals surface area contributed by atoms with E-state index in [1.807, 2.05) is 6.92 Å². The van der Waals surface area contributed by atoms with Gasteiger partial charge in [0, 0.05) is 12.1 Å². The van der Waals surface area contributed by atoms with Crippen LogP contribution in [-0.2, 0) is 6.42 Å². The van der Waals surface area contributed by atoms with Crippen LogP contribution in [0.25, 0.3) is 0 Å². The van der Waals surface area contributed by atoms with Crippen LogP contribution in [0.5, 0.6) is 0 Å². The van der Waals surface area contributed by atoms with E-state index < -0.39 is 10.7 Å². The van der Waals surface area contributed by atoms with Gasteiger partial charge in [0.15, 0.2) is 0 Å². The molecule has 20 heavy (non-hydrogen) atoms. The summed E-state index contributed by atoms with van der Waals surface area (Å²) < 4.78 is 13.4. The fraction of sp³-hybridized carbons (Fsp3) is 0.600. The molecule has 0 saturated heterocycles. The molecule has 0 radical (unpaired) electrons. The van der Waals surface area contributed by atoms with Gasteiger partial charge in [-0.15, -0.1) is 0 Å². The van der Waals surface area contributed by atoms with Gasteiger partial charge >= 0.3 is 0 Å². The van der Waals surface area contributed by atoms with E-state index in [9.17, 15) is 14.5 Å². The van der Waals surface area contributed by atoms with Crippen LogP contribution in [-0.4, -0.2) is 17.5 Å². The van der Waals surface area contributed by atoms with Crippen molar-refractivity contribution in [2.24, 2.45) is 5.41 Å². The van der Waals surface area contributed by atoms with Crippen molar-refractivity contribution < 1.29 is 9.31 Å². The minimum absolute atomic E-state index is 0.0925. The Morgan fingerprint density at radius 1 is 1.35 bits per heavy atom. The topological polar surface area (TPSA) is 55.2 Å². The maximum Gasteiger partial charge on any atom is 0.272 e. The lowest BCUT2D eigenvalue weighted by Gasteiger charge is -2.31. The number of nitro benzene ring substituents is 1. The van der Waals surface area contributed by atoms with Crippen LogP contribution in [0.3, 0.4) is 0 Å². The third-order valence-electron chi connectivity index (χ3n) is 3.37. The highest BCUT2D eigenvalue weighted by atomic mass is 19.1. The van der Waals surface area contributed by atoms with Crippen molar-refractivity contribution in [2.45, 2.75) is 46.6 Å². The molecule has 0 saturated carbocycles. The first-order chi connectivity index (χ1) is 9.24. The van der Waals surface area contributed by atoms with E-state index in [-0.39, 0.29) is 17.1 Å². The average molecular weight is 282 g/mol. The zero-order valence-corrected chi connectivity index (χ0v) is 12.6. The molecule has 0 spiro atoms. The van der Waals surface area contributed by atoms with E-state index in [0.717, 1.165) is 19.0 Å². The van der Waals surface area contributed by atoms with E-state index in [0.29, 0.717) is 12.0 Å². The van der Waals surface area contributed by atoms with Gasteiger partial charge in [0.1, 0.15) is 5.82 Å². The van der Waals surface area contributed by atoms with Crippen molar-refractivity contribution in [2.75, 3.05) is 6.54 Å². The first-order valence-electron chi connectivity index (χ1n) is 6.91. The predicted octanol–water partition coefficient (Wildman–Crippen LogP) is 3.69. The first-order valence-corrected chi connectivity index (χ1v) is 6.91. The summed E-state index contributed by atoms with van der Waals surface area (Å²) >= 11 is 0. The van der Waals surface area contributed by atoms with E-state index in [1.165, 1.54) is 12.1 Å². The number of benzene rings is 1. The molecule has 1 unspecified atom stereocenters. The molecule has 1 rings (SSSR count). The fourth-order valence-electron chi connectivity index (χ4n) is 2.28. The number of nitro groups is 1. The summed E-state index contributed by atoms with van der Waals surface area (Å²) in [6.07, 6.45) is 1.44. The van der Waals surface area contributed by atoms with Gasteiger partial charge in [-0.25, -0.2) is 4.39 Å². The highest BCUT2D eigenvalue weighted by molar-refractivity contribution is 5.35. The quantitative estimate of drug-likeness (QED) is 0.639. The molecule has 0 heterocycles. The second kappa shape index (κ2) is 6.79. The zero-order chi connectivity index (χ0) is 15.3. The average Bonchev–Trinajstić information content (AvgIpc) is 2.32. The van der Waals surface area contributed by atoms with Gasteiger partial charge in [-0.2, -0.15) is 0 Å². The molecule has 0 aliphatic rings. The highest BCUT2D eigenvalue weighted by Gasteiger charge is 2.23. The van der Waals surface area contributed by atoms with Crippen molar-refractivity contribution in [3.8, 4) is 0 Å². The van der Waals surface area contributed by atoms with Gasteiger partial charge in [0.25, 0.3) is 5.69 Å². The number of aryl methyl sites for hydroxylation is 1. The van der Waals surface area contributed by atoms with E-state index in [2.05, 4.69) is 26.1 Å². The van der Waals surface area contributed by atoms with Gasteiger partial charge in [0.2, 0.25) is 0 Å². The molecule has 1 aromatic rings. The van der Waals surface area contributed by atoms with Crippen LogP contribution in [0.15, 0.2) is 18.2 Å². The standard InChI is InChI=1S/C15H23FN2O2/c1-5-17-14(15(2,3)4)7-6-11-8-12(16)10-13(9-11)18(19)20/h8-10,14,17H,5-7H2,1-4H3. The van der Waals surface area contributed by atoms with Gasteiger partial charge in [-0.3, -0.25) is 10.1 Å². The van der Waals surface area contributed by atoms with E-state index in [4.69, 9.17) is 0 Å². The predicted molar refractivity (Wildman–Crippen MR) is 78.3 cm³/mol. The second-order valence-corrected chi connectivity index (χ2v) is 6.09. The molecule has 0 bridgehead atoms. The monoisotopic (exact) mass is 282 g/mol. The van der Waals surface area contributed by atoms with Crippen LogP contribution in [0.4, 0.5) is 10.1 Å². The Kier molecular flexibility index (Phi) is 5.62. The first kappa shape index (κ1) is 16.6. The molecule has 112 valence electrons. The fourth-order valence-corrected chi connectivity index (χ4v) is 2.28. The lowest BCUT2D eigenvalue weighted by Crippen LogP contribution is -2.40. The molecule has 5 heteroatoms.